The molecule has 0 saturated carbocycles. The Labute approximate surface area is 243 Å². The van der Waals surface area contributed by atoms with Gasteiger partial charge in [0.2, 0.25) is 0 Å². The summed E-state index contributed by atoms with van der Waals surface area (Å²) in [5, 5.41) is 7.41. The first-order valence-corrected chi connectivity index (χ1v) is 15.0. The van der Waals surface area contributed by atoms with Crippen molar-refractivity contribution in [3.05, 3.63) is 48.2 Å². The predicted octanol–water partition coefficient (Wildman–Crippen LogP) is 5.84. The summed E-state index contributed by atoms with van der Waals surface area (Å²) < 4.78 is 62.3. The Balaban J connectivity index is 0.00000226. The van der Waals surface area contributed by atoms with Crippen molar-refractivity contribution in [1.82, 2.24) is 14.2 Å². The van der Waals surface area contributed by atoms with E-state index in [9.17, 15) is 17.4 Å². The molecule has 4 rings (SSSR count). The number of hydrogen-bond acceptors (Lipinski definition) is 5. The summed E-state index contributed by atoms with van der Waals surface area (Å²) in [6.07, 6.45) is -2.44. The SMILES string of the molecule is CC.CCNS(=O)c1ccc(NCC#Cc2cc3c(NC4CCN(C)CC4)cccc3n2CC(F)(F)F)c(OC)c1. The highest BCUT2D eigenvalue weighted by molar-refractivity contribution is 7.83. The first-order chi connectivity index (χ1) is 19.7. The number of nitrogens with one attached hydrogen (secondary N) is 3. The molecule has 41 heavy (non-hydrogen) atoms. The fraction of sp³-hybridized carbons (Fsp3) is 0.467. The topological polar surface area (TPSA) is 70.6 Å². The molecule has 11 heteroatoms. The van der Waals surface area contributed by atoms with E-state index in [0.717, 1.165) is 37.0 Å². The van der Waals surface area contributed by atoms with Crippen LogP contribution in [0, 0.1) is 11.8 Å². The van der Waals surface area contributed by atoms with Crippen molar-refractivity contribution in [2.75, 3.05) is 51.0 Å². The zero-order valence-corrected chi connectivity index (χ0v) is 25.1. The molecule has 1 aromatic heterocycles. The van der Waals surface area contributed by atoms with E-state index in [1.807, 2.05) is 26.8 Å². The second kappa shape index (κ2) is 15.1. The maximum atomic E-state index is 13.5. The smallest absolute Gasteiger partial charge is 0.406 e. The summed E-state index contributed by atoms with van der Waals surface area (Å²) in [6, 6.07) is 12.5. The minimum atomic E-state index is -4.39. The van der Waals surface area contributed by atoms with Crippen LogP contribution in [0.1, 0.15) is 39.3 Å². The van der Waals surface area contributed by atoms with Gasteiger partial charge in [0, 0.05) is 23.7 Å². The number of hydrogen-bond donors (Lipinski definition) is 3. The molecule has 0 amide bonds. The monoisotopic (exact) mass is 591 g/mol. The summed E-state index contributed by atoms with van der Waals surface area (Å²) in [5.74, 6) is 6.38. The summed E-state index contributed by atoms with van der Waals surface area (Å²) >= 11 is 0. The number of halogens is 3. The van der Waals surface area contributed by atoms with Gasteiger partial charge < -0.3 is 24.8 Å². The molecule has 1 saturated heterocycles. The minimum absolute atomic E-state index is 0.181. The summed E-state index contributed by atoms with van der Waals surface area (Å²) in [4.78, 5) is 2.85. The third-order valence-electron chi connectivity index (χ3n) is 6.61. The lowest BCUT2D eigenvalue weighted by atomic mass is 10.0. The van der Waals surface area contributed by atoms with Crippen molar-refractivity contribution in [2.24, 2.45) is 0 Å². The molecule has 1 unspecified atom stereocenters. The van der Waals surface area contributed by atoms with Crippen molar-refractivity contribution in [1.29, 1.82) is 0 Å². The Bertz CT molecular complexity index is 1370. The number of fused-ring (bicyclic) bond motifs is 1. The van der Waals surface area contributed by atoms with Crippen LogP contribution in [0.5, 0.6) is 5.75 Å². The quantitative estimate of drug-likeness (QED) is 0.273. The lowest BCUT2D eigenvalue weighted by Crippen LogP contribution is -2.36. The van der Waals surface area contributed by atoms with E-state index in [0.29, 0.717) is 34.1 Å². The molecule has 0 spiro atoms. The first kappa shape index (κ1) is 32.3. The molecule has 2 aromatic carbocycles. The average Bonchev–Trinajstić information content (AvgIpc) is 3.30. The molecule has 0 radical (unpaired) electrons. The molecule has 3 aromatic rings. The Morgan fingerprint density at radius 3 is 2.49 bits per heavy atom. The number of benzene rings is 2. The van der Waals surface area contributed by atoms with E-state index < -0.39 is 23.7 Å². The number of ether oxygens (including phenoxy) is 1. The predicted molar refractivity (Wildman–Crippen MR) is 162 cm³/mol. The van der Waals surface area contributed by atoms with E-state index in [-0.39, 0.29) is 12.6 Å². The van der Waals surface area contributed by atoms with Gasteiger partial charge in [-0.1, -0.05) is 32.8 Å². The highest BCUT2D eigenvalue weighted by atomic mass is 32.2. The molecule has 1 atom stereocenters. The Hall–Kier alpha value is -3.20. The molecule has 0 bridgehead atoms. The van der Waals surface area contributed by atoms with Crippen LogP contribution in [0.4, 0.5) is 24.5 Å². The molecule has 0 aliphatic carbocycles. The van der Waals surface area contributed by atoms with Crippen LogP contribution < -0.4 is 20.1 Å². The van der Waals surface area contributed by atoms with Gasteiger partial charge in [-0.05, 0) is 75.3 Å². The molecule has 3 N–H and O–H groups in total. The number of alkyl halides is 3. The van der Waals surface area contributed by atoms with Gasteiger partial charge in [0.1, 0.15) is 23.3 Å². The first-order valence-electron chi connectivity index (χ1n) is 13.9. The van der Waals surface area contributed by atoms with Gasteiger partial charge in [-0.3, -0.25) is 0 Å². The van der Waals surface area contributed by atoms with Gasteiger partial charge in [-0.2, -0.15) is 13.2 Å². The maximum absolute atomic E-state index is 13.5. The lowest BCUT2D eigenvalue weighted by Gasteiger charge is -2.30. The van der Waals surface area contributed by atoms with Crippen molar-refractivity contribution in [3.63, 3.8) is 0 Å². The Morgan fingerprint density at radius 2 is 1.83 bits per heavy atom. The van der Waals surface area contributed by atoms with Crippen LogP contribution in [0.25, 0.3) is 10.9 Å². The number of nitrogens with zero attached hydrogens (tertiary/aromatic N) is 2. The molecule has 1 aliphatic rings. The van der Waals surface area contributed by atoms with Crippen LogP contribution in [0.15, 0.2) is 47.4 Å². The molecule has 224 valence electrons. The van der Waals surface area contributed by atoms with Gasteiger partial charge in [-0.15, -0.1) is 0 Å². The van der Waals surface area contributed by atoms with Crippen LogP contribution in [0.3, 0.4) is 0 Å². The molecule has 2 heterocycles. The summed E-state index contributed by atoms with van der Waals surface area (Å²) in [5.41, 5.74) is 2.26. The van der Waals surface area contributed by atoms with Crippen LogP contribution in [-0.2, 0) is 17.5 Å². The molecule has 1 fully saturated rings. The highest BCUT2D eigenvalue weighted by Crippen LogP contribution is 2.31. The standard InChI is InChI=1S/C28H34F3N5O2S.C2H6/c1-4-33-39(37)22-10-11-25(27(18-22)38-3)32-14-6-7-21-17-23-24(34-20-12-15-35(2)16-13-20)8-5-9-26(23)36(21)19-28(29,30)31;1-2/h5,8-11,17-18,20,32-34H,4,12-16,19H2,1-3H3;1-2H3. The zero-order valence-electron chi connectivity index (χ0n) is 24.3. The van der Waals surface area contributed by atoms with E-state index in [1.54, 1.807) is 36.4 Å². The van der Waals surface area contributed by atoms with Crippen molar-refractivity contribution < 1.29 is 22.1 Å². The maximum Gasteiger partial charge on any atom is 0.406 e. The van der Waals surface area contributed by atoms with Crippen LogP contribution in [-0.4, -0.2) is 66.2 Å². The third kappa shape index (κ3) is 8.89. The molecule has 7 nitrogen and oxygen atoms in total. The number of aromatic nitrogens is 1. The highest BCUT2D eigenvalue weighted by Gasteiger charge is 2.30. The third-order valence-corrected chi connectivity index (χ3v) is 7.84. The van der Waals surface area contributed by atoms with Crippen molar-refractivity contribution in [3.8, 4) is 17.6 Å². The van der Waals surface area contributed by atoms with Gasteiger partial charge >= 0.3 is 6.18 Å². The van der Waals surface area contributed by atoms with Gasteiger partial charge in [0.05, 0.1) is 35.4 Å². The number of rotatable bonds is 9. The van der Waals surface area contributed by atoms with Crippen molar-refractivity contribution >= 4 is 33.3 Å². The molecular weight excluding hydrogens is 551 g/mol. The summed E-state index contributed by atoms with van der Waals surface area (Å²) in [7, 11) is 2.25. The van der Waals surface area contributed by atoms with Gasteiger partial charge in [-0.25, -0.2) is 8.93 Å². The normalized spacial score (nSPS) is 14.9. The summed E-state index contributed by atoms with van der Waals surface area (Å²) in [6.45, 7) is 7.45. The van der Waals surface area contributed by atoms with E-state index in [2.05, 4.69) is 39.1 Å². The Morgan fingerprint density at radius 1 is 1.10 bits per heavy atom. The second-order valence-corrected chi connectivity index (χ2v) is 10.8. The van der Waals surface area contributed by atoms with Crippen LogP contribution >= 0.6 is 0 Å². The Kier molecular flexibility index (Phi) is 11.9. The lowest BCUT2D eigenvalue weighted by molar-refractivity contribution is -0.140. The number of likely N-dealkylation sites (tertiary alicyclic amines) is 1. The van der Waals surface area contributed by atoms with E-state index >= 15 is 0 Å². The average molecular weight is 592 g/mol. The van der Waals surface area contributed by atoms with Gasteiger partial charge in [0.25, 0.3) is 0 Å². The second-order valence-electron chi connectivity index (χ2n) is 9.48. The molecular formula is C30H40F3N5O2S. The minimum Gasteiger partial charge on any atom is -0.495 e. The van der Waals surface area contributed by atoms with Gasteiger partial charge in [0.15, 0.2) is 0 Å². The van der Waals surface area contributed by atoms with Crippen LogP contribution in [0.2, 0.25) is 0 Å². The zero-order chi connectivity index (χ0) is 30.0. The van der Waals surface area contributed by atoms with E-state index in [1.165, 1.54) is 11.7 Å². The number of piperidine rings is 1. The fourth-order valence-corrected chi connectivity index (χ4v) is 5.49. The largest absolute Gasteiger partial charge is 0.495 e. The van der Waals surface area contributed by atoms with E-state index in [4.69, 9.17) is 4.74 Å². The number of anilines is 2. The molecule has 1 aliphatic heterocycles. The number of methoxy groups -OCH3 is 1. The fourth-order valence-electron chi connectivity index (χ4n) is 4.66. The van der Waals surface area contributed by atoms with Crippen molar-refractivity contribution in [2.45, 2.75) is 57.3 Å².